The molecule has 1 aromatic rings. The Hall–Kier alpha value is -1.70. The molecule has 1 aromatic heterocycles. The van der Waals surface area contributed by atoms with Crippen molar-refractivity contribution < 1.29 is 27.1 Å². The molecule has 0 aliphatic carbocycles. The third kappa shape index (κ3) is 2.89. The first-order valence-electron chi connectivity index (χ1n) is 3.97. The van der Waals surface area contributed by atoms with Gasteiger partial charge < -0.3 is 10.5 Å². The molecule has 0 bridgehead atoms. The van der Waals surface area contributed by atoms with Crippen molar-refractivity contribution in [2.75, 3.05) is 0 Å². The molecule has 0 fully saturated rings. The largest absolute Gasteiger partial charge is 0.573 e. The quantitative estimate of drug-likeness (QED) is 0.491. The third-order valence-electron chi connectivity index (χ3n) is 1.58. The summed E-state index contributed by atoms with van der Waals surface area (Å²) in [6.45, 7) is -0.482. The molecule has 16 heavy (non-hydrogen) atoms. The summed E-state index contributed by atoms with van der Waals surface area (Å²) in [5.41, 5.74) is 4.00. The van der Waals surface area contributed by atoms with Gasteiger partial charge in [-0.15, -0.1) is 13.2 Å². The second kappa shape index (κ2) is 4.44. The second-order valence-electron chi connectivity index (χ2n) is 2.68. The van der Waals surface area contributed by atoms with Crippen molar-refractivity contribution in [1.29, 1.82) is 0 Å². The van der Waals surface area contributed by atoms with E-state index in [0.717, 1.165) is 0 Å². The summed E-state index contributed by atoms with van der Waals surface area (Å²) >= 11 is 0. The number of ether oxygens (including phenoxy) is 1. The summed E-state index contributed by atoms with van der Waals surface area (Å²) in [4.78, 5) is 13.6. The van der Waals surface area contributed by atoms with E-state index in [2.05, 4.69) is 9.72 Å². The lowest BCUT2D eigenvalue weighted by Gasteiger charge is -2.13. The van der Waals surface area contributed by atoms with Gasteiger partial charge in [-0.1, -0.05) is 0 Å². The standard InChI is InChI=1S/C8H6F4N2O2/c9-6-1-4(3-15)7(5(2-13)14-6)16-8(10,11)12/h1,3H,2,13H2. The number of carbonyl (C=O) groups is 1. The van der Waals surface area contributed by atoms with Crippen LogP contribution in [0.5, 0.6) is 5.75 Å². The van der Waals surface area contributed by atoms with E-state index in [1.54, 1.807) is 0 Å². The Morgan fingerprint density at radius 1 is 1.50 bits per heavy atom. The van der Waals surface area contributed by atoms with E-state index in [1.807, 2.05) is 0 Å². The number of hydrogen-bond acceptors (Lipinski definition) is 4. The van der Waals surface area contributed by atoms with Gasteiger partial charge in [-0.3, -0.25) is 4.79 Å². The number of pyridine rings is 1. The van der Waals surface area contributed by atoms with Gasteiger partial charge in [0.15, 0.2) is 12.0 Å². The fourth-order valence-electron chi connectivity index (χ4n) is 1.03. The van der Waals surface area contributed by atoms with Crippen molar-refractivity contribution in [3.05, 3.63) is 23.3 Å². The fourth-order valence-corrected chi connectivity index (χ4v) is 1.03. The molecule has 8 heteroatoms. The highest BCUT2D eigenvalue weighted by molar-refractivity contribution is 5.79. The van der Waals surface area contributed by atoms with Gasteiger partial charge in [0.25, 0.3) is 0 Å². The van der Waals surface area contributed by atoms with Crippen molar-refractivity contribution >= 4 is 6.29 Å². The van der Waals surface area contributed by atoms with Crippen LogP contribution in [0, 0.1) is 5.95 Å². The minimum atomic E-state index is -5.00. The average Bonchev–Trinajstić information content (AvgIpc) is 2.18. The molecule has 0 saturated carbocycles. The summed E-state index contributed by atoms with van der Waals surface area (Å²) in [5, 5.41) is 0. The number of aldehydes is 1. The number of carbonyl (C=O) groups excluding carboxylic acids is 1. The lowest BCUT2D eigenvalue weighted by molar-refractivity contribution is -0.275. The van der Waals surface area contributed by atoms with Crippen LogP contribution in [0.1, 0.15) is 16.1 Å². The molecule has 0 aliphatic rings. The zero-order valence-corrected chi connectivity index (χ0v) is 7.71. The molecule has 1 heterocycles. The first-order valence-corrected chi connectivity index (χ1v) is 3.97. The molecule has 1 rings (SSSR count). The van der Waals surface area contributed by atoms with E-state index >= 15 is 0 Å². The van der Waals surface area contributed by atoms with E-state index < -0.39 is 35.9 Å². The lowest BCUT2D eigenvalue weighted by atomic mass is 10.2. The smallest absolute Gasteiger partial charge is 0.403 e. The molecule has 0 unspecified atom stereocenters. The number of nitrogens with zero attached hydrogens (tertiary/aromatic N) is 1. The first kappa shape index (κ1) is 12.4. The van der Waals surface area contributed by atoms with Gasteiger partial charge in [0.1, 0.15) is 5.69 Å². The Morgan fingerprint density at radius 2 is 2.12 bits per heavy atom. The number of hydrogen-bond donors (Lipinski definition) is 1. The lowest BCUT2D eigenvalue weighted by Crippen LogP contribution is -2.20. The molecule has 0 aromatic carbocycles. The normalized spacial score (nSPS) is 11.3. The van der Waals surface area contributed by atoms with Gasteiger partial charge in [0.2, 0.25) is 5.95 Å². The molecule has 2 N–H and O–H groups in total. The molecule has 88 valence electrons. The summed E-state index contributed by atoms with van der Waals surface area (Å²) in [6.07, 6.45) is -4.97. The fraction of sp³-hybridized carbons (Fsp3) is 0.250. The topological polar surface area (TPSA) is 65.2 Å². The van der Waals surface area contributed by atoms with Crippen LogP contribution in [0.3, 0.4) is 0 Å². The van der Waals surface area contributed by atoms with E-state index in [9.17, 15) is 22.4 Å². The Balaban J connectivity index is 3.27. The highest BCUT2D eigenvalue weighted by Gasteiger charge is 2.33. The average molecular weight is 238 g/mol. The van der Waals surface area contributed by atoms with Crippen LogP contribution in [0.4, 0.5) is 17.6 Å². The zero-order chi connectivity index (χ0) is 12.3. The van der Waals surface area contributed by atoms with Crippen LogP contribution in [0.25, 0.3) is 0 Å². The minimum Gasteiger partial charge on any atom is -0.403 e. The van der Waals surface area contributed by atoms with Crippen LogP contribution in [-0.4, -0.2) is 17.6 Å². The van der Waals surface area contributed by atoms with Crippen molar-refractivity contribution in [3.63, 3.8) is 0 Å². The number of nitrogens with two attached hydrogens (primary N) is 1. The SMILES string of the molecule is NCc1nc(F)cc(C=O)c1OC(F)(F)F. The number of aromatic nitrogens is 1. The van der Waals surface area contributed by atoms with Crippen LogP contribution < -0.4 is 10.5 Å². The highest BCUT2D eigenvalue weighted by atomic mass is 19.4. The van der Waals surface area contributed by atoms with E-state index in [1.165, 1.54) is 0 Å². The number of rotatable bonds is 3. The maximum absolute atomic E-state index is 12.8. The predicted molar refractivity (Wildman–Crippen MR) is 44.2 cm³/mol. The summed E-state index contributed by atoms with van der Waals surface area (Å²) in [7, 11) is 0. The molecular formula is C8H6F4N2O2. The van der Waals surface area contributed by atoms with Crippen molar-refractivity contribution in [3.8, 4) is 5.75 Å². The molecule has 4 nitrogen and oxygen atoms in total. The summed E-state index contributed by atoms with van der Waals surface area (Å²) in [6, 6.07) is 0.535. The molecular weight excluding hydrogens is 232 g/mol. The van der Waals surface area contributed by atoms with Crippen molar-refractivity contribution in [1.82, 2.24) is 4.98 Å². The van der Waals surface area contributed by atoms with Crippen LogP contribution in [-0.2, 0) is 6.54 Å². The number of alkyl halides is 3. The monoisotopic (exact) mass is 238 g/mol. The molecule has 0 aliphatic heterocycles. The predicted octanol–water partition coefficient (Wildman–Crippen LogP) is 1.39. The van der Waals surface area contributed by atoms with Crippen molar-refractivity contribution in [2.24, 2.45) is 5.73 Å². The van der Waals surface area contributed by atoms with Crippen molar-refractivity contribution in [2.45, 2.75) is 12.9 Å². The second-order valence-corrected chi connectivity index (χ2v) is 2.68. The van der Waals surface area contributed by atoms with Gasteiger partial charge in [-0.25, -0.2) is 4.98 Å². The van der Waals surface area contributed by atoms with E-state index in [4.69, 9.17) is 5.73 Å². The molecule has 0 amide bonds. The third-order valence-corrected chi connectivity index (χ3v) is 1.58. The maximum atomic E-state index is 12.8. The zero-order valence-electron chi connectivity index (χ0n) is 7.71. The highest BCUT2D eigenvalue weighted by Crippen LogP contribution is 2.28. The molecule has 0 saturated heterocycles. The van der Waals surface area contributed by atoms with Gasteiger partial charge in [0.05, 0.1) is 5.56 Å². The van der Waals surface area contributed by atoms with Gasteiger partial charge in [-0.05, 0) is 0 Å². The Bertz CT molecular complexity index is 406. The molecule has 0 atom stereocenters. The van der Waals surface area contributed by atoms with Gasteiger partial charge >= 0.3 is 6.36 Å². The maximum Gasteiger partial charge on any atom is 0.573 e. The molecule has 0 radical (unpaired) electrons. The van der Waals surface area contributed by atoms with Crippen LogP contribution in [0.2, 0.25) is 0 Å². The van der Waals surface area contributed by atoms with Gasteiger partial charge in [-0.2, -0.15) is 4.39 Å². The minimum absolute atomic E-state index is 0.0327. The first-order chi connectivity index (χ1) is 7.37. The summed E-state index contributed by atoms with van der Waals surface area (Å²) < 4.78 is 52.2. The van der Waals surface area contributed by atoms with E-state index in [-0.39, 0.29) is 6.29 Å². The number of halogens is 4. The summed E-state index contributed by atoms with van der Waals surface area (Å²) in [5.74, 6) is -1.97. The van der Waals surface area contributed by atoms with Crippen LogP contribution in [0.15, 0.2) is 6.07 Å². The Morgan fingerprint density at radius 3 is 2.56 bits per heavy atom. The van der Waals surface area contributed by atoms with E-state index in [0.29, 0.717) is 6.07 Å². The van der Waals surface area contributed by atoms with Gasteiger partial charge in [0, 0.05) is 12.6 Å². The molecule has 0 spiro atoms. The Kier molecular flexibility index (Phi) is 3.43. The Labute approximate surface area is 87.0 Å². The van der Waals surface area contributed by atoms with Crippen LogP contribution >= 0.6 is 0 Å².